The Labute approximate surface area is 116 Å². The molecule has 2 rings (SSSR count). The predicted octanol–water partition coefficient (Wildman–Crippen LogP) is 2.77. The van der Waals surface area contributed by atoms with Crippen LogP contribution in [0.15, 0.2) is 18.3 Å². The summed E-state index contributed by atoms with van der Waals surface area (Å²) in [7, 11) is 1.64. The van der Waals surface area contributed by atoms with E-state index in [1.807, 2.05) is 18.3 Å². The Balaban J connectivity index is 1.88. The normalized spacial score (nSPS) is 21.2. The van der Waals surface area contributed by atoms with Gasteiger partial charge in [-0.2, -0.15) is 0 Å². The fourth-order valence-electron chi connectivity index (χ4n) is 2.60. The minimum Gasteiger partial charge on any atom is -0.481 e. The molecule has 1 aromatic rings. The Kier molecular flexibility index (Phi) is 5.02. The number of hydrogen-bond acceptors (Lipinski definition) is 4. The fourth-order valence-corrected chi connectivity index (χ4v) is 2.60. The largest absolute Gasteiger partial charge is 0.481 e. The SMILES string of the molecule is COc1ccc(NC2CCCN(C(C)C)CC2)cn1. The fraction of sp³-hybridized carbons (Fsp3) is 0.667. The van der Waals surface area contributed by atoms with Crippen LogP contribution in [0.1, 0.15) is 33.1 Å². The number of methoxy groups -OCH3 is 1. The zero-order valence-corrected chi connectivity index (χ0v) is 12.2. The Bertz CT molecular complexity index is 377. The molecule has 2 heterocycles. The third-order valence-corrected chi connectivity index (χ3v) is 3.81. The van der Waals surface area contributed by atoms with E-state index in [1.165, 1.54) is 32.4 Å². The first-order valence-electron chi connectivity index (χ1n) is 7.19. The maximum Gasteiger partial charge on any atom is 0.213 e. The molecule has 0 aliphatic carbocycles. The molecule has 1 saturated heterocycles. The van der Waals surface area contributed by atoms with Crippen molar-refractivity contribution in [2.75, 3.05) is 25.5 Å². The van der Waals surface area contributed by atoms with Crippen LogP contribution in [-0.4, -0.2) is 42.2 Å². The lowest BCUT2D eigenvalue weighted by molar-refractivity contribution is 0.230. The summed E-state index contributed by atoms with van der Waals surface area (Å²) in [5.41, 5.74) is 1.09. The van der Waals surface area contributed by atoms with E-state index in [9.17, 15) is 0 Å². The van der Waals surface area contributed by atoms with Crippen molar-refractivity contribution < 1.29 is 4.74 Å². The van der Waals surface area contributed by atoms with Gasteiger partial charge in [-0.15, -0.1) is 0 Å². The van der Waals surface area contributed by atoms with Crippen molar-refractivity contribution in [1.82, 2.24) is 9.88 Å². The topological polar surface area (TPSA) is 37.4 Å². The number of hydrogen-bond donors (Lipinski definition) is 1. The van der Waals surface area contributed by atoms with Gasteiger partial charge in [0.1, 0.15) is 0 Å². The van der Waals surface area contributed by atoms with Crippen molar-refractivity contribution in [3.63, 3.8) is 0 Å². The first-order chi connectivity index (χ1) is 9.19. The van der Waals surface area contributed by atoms with Crippen LogP contribution in [0.4, 0.5) is 5.69 Å². The Morgan fingerprint density at radius 2 is 2.16 bits per heavy atom. The van der Waals surface area contributed by atoms with Crippen molar-refractivity contribution in [2.45, 2.75) is 45.2 Å². The molecule has 0 aromatic carbocycles. The number of ether oxygens (including phenoxy) is 1. The van der Waals surface area contributed by atoms with E-state index < -0.39 is 0 Å². The Hall–Kier alpha value is -1.29. The lowest BCUT2D eigenvalue weighted by atomic mass is 10.1. The number of likely N-dealkylation sites (tertiary alicyclic amines) is 1. The highest BCUT2D eigenvalue weighted by Crippen LogP contribution is 2.18. The molecule has 0 saturated carbocycles. The smallest absolute Gasteiger partial charge is 0.213 e. The second-order valence-electron chi connectivity index (χ2n) is 5.49. The summed E-state index contributed by atoms with van der Waals surface area (Å²) in [4.78, 5) is 6.80. The van der Waals surface area contributed by atoms with Crippen LogP contribution in [-0.2, 0) is 0 Å². The molecule has 0 spiro atoms. The third-order valence-electron chi connectivity index (χ3n) is 3.81. The van der Waals surface area contributed by atoms with Crippen molar-refractivity contribution in [2.24, 2.45) is 0 Å². The molecular formula is C15H25N3O. The molecule has 4 heteroatoms. The number of nitrogens with one attached hydrogen (secondary N) is 1. The van der Waals surface area contributed by atoms with Gasteiger partial charge in [-0.1, -0.05) is 0 Å². The average Bonchev–Trinajstić information content (AvgIpc) is 2.65. The summed E-state index contributed by atoms with van der Waals surface area (Å²) < 4.78 is 5.07. The molecule has 0 radical (unpaired) electrons. The van der Waals surface area contributed by atoms with Crippen LogP contribution in [0.2, 0.25) is 0 Å². The highest BCUT2D eigenvalue weighted by Gasteiger charge is 2.18. The third kappa shape index (κ3) is 4.10. The zero-order valence-electron chi connectivity index (χ0n) is 12.2. The van der Waals surface area contributed by atoms with Crippen LogP contribution in [0.3, 0.4) is 0 Å². The summed E-state index contributed by atoms with van der Waals surface area (Å²) in [5, 5.41) is 3.59. The molecule has 1 aliphatic heterocycles. The van der Waals surface area contributed by atoms with Crippen LogP contribution in [0.5, 0.6) is 5.88 Å². The molecule has 1 atom stereocenters. The molecule has 1 aliphatic rings. The number of rotatable bonds is 4. The molecular weight excluding hydrogens is 238 g/mol. The van der Waals surface area contributed by atoms with Crippen LogP contribution < -0.4 is 10.1 Å². The standard InChI is InChI=1S/C15H25N3O/c1-12(2)18-9-4-5-13(8-10-18)17-14-6-7-15(19-3)16-11-14/h6-7,11-13,17H,4-5,8-10H2,1-3H3. The van der Waals surface area contributed by atoms with Gasteiger partial charge in [-0.3, -0.25) is 0 Å². The summed E-state index contributed by atoms with van der Waals surface area (Å²) >= 11 is 0. The molecule has 4 nitrogen and oxygen atoms in total. The second kappa shape index (κ2) is 6.75. The van der Waals surface area contributed by atoms with Gasteiger partial charge in [0.15, 0.2) is 0 Å². The first-order valence-corrected chi connectivity index (χ1v) is 7.19. The van der Waals surface area contributed by atoms with E-state index in [4.69, 9.17) is 4.74 Å². The van der Waals surface area contributed by atoms with Crippen LogP contribution in [0.25, 0.3) is 0 Å². The van der Waals surface area contributed by atoms with E-state index in [0.29, 0.717) is 18.0 Å². The molecule has 1 fully saturated rings. The molecule has 1 aromatic heterocycles. The van der Waals surface area contributed by atoms with Crippen molar-refractivity contribution in [3.8, 4) is 5.88 Å². The minimum absolute atomic E-state index is 0.555. The number of nitrogens with zero attached hydrogens (tertiary/aromatic N) is 2. The average molecular weight is 263 g/mol. The van der Waals surface area contributed by atoms with E-state index in [0.717, 1.165) is 5.69 Å². The maximum atomic E-state index is 5.07. The van der Waals surface area contributed by atoms with E-state index in [2.05, 4.69) is 29.0 Å². The van der Waals surface area contributed by atoms with Crippen LogP contribution in [0, 0.1) is 0 Å². The summed E-state index contributed by atoms with van der Waals surface area (Å²) in [6, 6.07) is 5.15. The predicted molar refractivity (Wildman–Crippen MR) is 78.8 cm³/mol. The summed E-state index contributed by atoms with van der Waals surface area (Å²) in [5.74, 6) is 0.664. The molecule has 0 amide bonds. The zero-order chi connectivity index (χ0) is 13.7. The number of pyridine rings is 1. The first kappa shape index (κ1) is 14.1. The molecule has 19 heavy (non-hydrogen) atoms. The minimum atomic E-state index is 0.555. The molecule has 0 bridgehead atoms. The molecule has 1 N–H and O–H groups in total. The van der Waals surface area contributed by atoms with Gasteiger partial charge >= 0.3 is 0 Å². The van der Waals surface area contributed by atoms with Gasteiger partial charge in [-0.25, -0.2) is 4.98 Å². The number of anilines is 1. The second-order valence-corrected chi connectivity index (χ2v) is 5.49. The maximum absolute atomic E-state index is 5.07. The van der Waals surface area contributed by atoms with Gasteiger partial charge in [0.2, 0.25) is 5.88 Å². The summed E-state index contributed by atoms with van der Waals surface area (Å²) in [6.45, 7) is 6.96. The Morgan fingerprint density at radius 1 is 1.32 bits per heavy atom. The Morgan fingerprint density at radius 3 is 2.79 bits per heavy atom. The van der Waals surface area contributed by atoms with E-state index >= 15 is 0 Å². The monoisotopic (exact) mass is 263 g/mol. The van der Waals surface area contributed by atoms with Gasteiger partial charge < -0.3 is 15.0 Å². The number of aromatic nitrogens is 1. The molecule has 106 valence electrons. The molecule has 1 unspecified atom stereocenters. The summed E-state index contributed by atoms with van der Waals surface area (Å²) in [6.07, 6.45) is 5.54. The quantitative estimate of drug-likeness (QED) is 0.906. The van der Waals surface area contributed by atoms with Crippen molar-refractivity contribution in [1.29, 1.82) is 0 Å². The highest BCUT2D eigenvalue weighted by atomic mass is 16.5. The van der Waals surface area contributed by atoms with Gasteiger partial charge in [0.05, 0.1) is 19.0 Å². The lowest BCUT2D eigenvalue weighted by Crippen LogP contribution is -2.32. The lowest BCUT2D eigenvalue weighted by Gasteiger charge is -2.24. The van der Waals surface area contributed by atoms with Crippen molar-refractivity contribution in [3.05, 3.63) is 18.3 Å². The van der Waals surface area contributed by atoms with Crippen molar-refractivity contribution >= 4 is 5.69 Å². The van der Waals surface area contributed by atoms with Crippen LogP contribution >= 0.6 is 0 Å². The highest BCUT2D eigenvalue weighted by molar-refractivity contribution is 5.43. The van der Waals surface area contributed by atoms with E-state index in [1.54, 1.807) is 7.11 Å². The van der Waals surface area contributed by atoms with Gasteiger partial charge in [-0.05, 0) is 45.7 Å². The van der Waals surface area contributed by atoms with Gasteiger partial charge in [0.25, 0.3) is 0 Å². The van der Waals surface area contributed by atoms with E-state index in [-0.39, 0.29) is 0 Å². The van der Waals surface area contributed by atoms with Gasteiger partial charge in [0, 0.05) is 24.7 Å².